The predicted octanol–water partition coefficient (Wildman–Crippen LogP) is 7.78. The van der Waals surface area contributed by atoms with E-state index in [2.05, 4.69) is 36.8 Å². The highest BCUT2D eigenvalue weighted by molar-refractivity contribution is 8.13. The first-order valence-corrected chi connectivity index (χ1v) is 15.2. The third kappa shape index (κ3) is 8.32. The number of anilines is 1. The Morgan fingerprint density at radius 2 is 1.90 bits per heavy atom. The average molecular weight is 579 g/mol. The van der Waals surface area contributed by atoms with Gasteiger partial charge in [0.1, 0.15) is 5.76 Å². The van der Waals surface area contributed by atoms with Crippen molar-refractivity contribution in [3.8, 4) is 0 Å². The van der Waals surface area contributed by atoms with Crippen LogP contribution in [0.1, 0.15) is 58.9 Å². The smallest absolute Gasteiger partial charge is 0.416 e. The molecule has 0 aromatic heterocycles. The highest BCUT2D eigenvalue weighted by Crippen LogP contribution is 2.37. The number of aliphatic imine (C=N–C) groups is 1. The molecule has 5 nitrogen and oxygen atoms in total. The van der Waals surface area contributed by atoms with Crippen LogP contribution >= 0.6 is 11.8 Å². The first-order chi connectivity index (χ1) is 19.0. The van der Waals surface area contributed by atoms with Crippen LogP contribution in [-0.2, 0) is 10.9 Å². The fraction of sp³-hybridized carbons (Fsp3) is 0.581. The number of hydrogen-bond acceptors (Lipinski definition) is 5. The number of benzene rings is 1. The maximum absolute atomic E-state index is 13.0. The summed E-state index contributed by atoms with van der Waals surface area (Å²) in [6.45, 7) is 20.1. The second-order valence-corrected chi connectivity index (χ2v) is 12.0. The van der Waals surface area contributed by atoms with E-state index < -0.39 is 11.7 Å². The number of amidine groups is 1. The van der Waals surface area contributed by atoms with Gasteiger partial charge < -0.3 is 19.4 Å². The molecule has 0 bridgehead atoms. The summed E-state index contributed by atoms with van der Waals surface area (Å²) in [6, 6.07) is 6.21. The summed E-state index contributed by atoms with van der Waals surface area (Å²) in [5, 5.41) is 0.925. The number of rotatable bonds is 11. The van der Waals surface area contributed by atoms with Gasteiger partial charge in [0, 0.05) is 43.7 Å². The lowest BCUT2D eigenvalue weighted by atomic mass is 9.92. The maximum atomic E-state index is 13.0. The van der Waals surface area contributed by atoms with Gasteiger partial charge in [0.2, 0.25) is 0 Å². The molecule has 2 saturated heterocycles. The van der Waals surface area contributed by atoms with Crippen molar-refractivity contribution in [2.75, 3.05) is 43.9 Å². The summed E-state index contributed by atoms with van der Waals surface area (Å²) < 4.78 is 44.7. The van der Waals surface area contributed by atoms with E-state index in [1.807, 2.05) is 25.8 Å². The zero-order valence-corrected chi connectivity index (χ0v) is 25.5. The van der Waals surface area contributed by atoms with Crippen LogP contribution in [0.2, 0.25) is 0 Å². The molecule has 2 heterocycles. The van der Waals surface area contributed by atoms with Crippen molar-refractivity contribution in [2.45, 2.75) is 71.6 Å². The Morgan fingerprint density at radius 1 is 1.23 bits per heavy atom. The van der Waals surface area contributed by atoms with Gasteiger partial charge in [0.15, 0.2) is 5.17 Å². The Morgan fingerprint density at radius 3 is 2.50 bits per heavy atom. The number of piperidine rings is 1. The van der Waals surface area contributed by atoms with Gasteiger partial charge in [0.05, 0.1) is 17.5 Å². The minimum atomic E-state index is -4.31. The second kappa shape index (κ2) is 14.5. The van der Waals surface area contributed by atoms with Crippen LogP contribution < -0.4 is 4.90 Å². The summed E-state index contributed by atoms with van der Waals surface area (Å²) >= 11 is 1.74. The summed E-state index contributed by atoms with van der Waals surface area (Å²) in [6.07, 6.45) is 1.32. The molecule has 40 heavy (non-hydrogen) atoms. The van der Waals surface area contributed by atoms with Gasteiger partial charge in [0.25, 0.3) is 0 Å². The molecule has 3 unspecified atom stereocenters. The molecule has 0 aliphatic carbocycles. The first kappa shape index (κ1) is 32.1. The number of fused-ring (bicyclic) bond motifs is 1. The quantitative estimate of drug-likeness (QED) is 0.0880. The fourth-order valence-electron chi connectivity index (χ4n) is 5.35. The minimum absolute atomic E-state index is 0.200. The normalized spacial score (nSPS) is 20.6. The Labute approximate surface area is 242 Å². The van der Waals surface area contributed by atoms with Crippen LogP contribution in [0.5, 0.6) is 0 Å². The molecule has 0 amide bonds. The molecule has 1 aromatic rings. The van der Waals surface area contributed by atoms with E-state index in [1.165, 1.54) is 18.4 Å². The number of likely N-dealkylation sites (N-methyl/N-ethyl adjacent to an activating group) is 1. The third-order valence-corrected chi connectivity index (χ3v) is 8.98. The zero-order chi connectivity index (χ0) is 29.4. The van der Waals surface area contributed by atoms with E-state index in [-0.39, 0.29) is 6.04 Å². The lowest BCUT2D eigenvalue weighted by molar-refractivity contribution is -0.137. The van der Waals surface area contributed by atoms with Crippen LogP contribution in [0.3, 0.4) is 0 Å². The van der Waals surface area contributed by atoms with Crippen molar-refractivity contribution in [3.05, 3.63) is 66.3 Å². The van der Waals surface area contributed by atoms with E-state index in [4.69, 9.17) is 9.73 Å². The number of nitrogens with zero attached hydrogens (tertiary/aromatic N) is 4. The maximum Gasteiger partial charge on any atom is 0.416 e. The fourth-order valence-corrected chi connectivity index (χ4v) is 6.36. The number of halogens is 3. The molecule has 2 aliphatic heterocycles. The van der Waals surface area contributed by atoms with E-state index in [1.54, 1.807) is 23.9 Å². The minimum Gasteiger partial charge on any atom is -0.464 e. The van der Waals surface area contributed by atoms with E-state index in [0.29, 0.717) is 17.7 Å². The van der Waals surface area contributed by atoms with Crippen LogP contribution in [-0.4, -0.2) is 66.0 Å². The Balaban J connectivity index is 1.57. The van der Waals surface area contributed by atoms with Crippen molar-refractivity contribution >= 4 is 22.6 Å². The standard InChI is InChI=1S/C31H45F3N4OS/c1-8-23(5)35-30(36(7)24(6)29(22(3)4)39-9-2)40-20-10-17-37-18-15-25-16-19-38(28(25)21-37)27-13-11-26(12-14-27)31(32,33)34/h9,11-14,23,25,28H,2,6,8,10,15-21H2,1,3-5,7H3/b35-30+. The molecular weight excluding hydrogens is 533 g/mol. The molecule has 0 spiro atoms. The average Bonchev–Trinajstić information content (AvgIpc) is 3.35. The molecule has 3 rings (SSSR count). The highest BCUT2D eigenvalue weighted by Gasteiger charge is 2.38. The van der Waals surface area contributed by atoms with Gasteiger partial charge in [-0.1, -0.05) is 31.8 Å². The van der Waals surface area contributed by atoms with Gasteiger partial charge in [-0.05, 0) is 95.3 Å². The molecule has 1 aromatic carbocycles. The van der Waals surface area contributed by atoms with E-state index >= 15 is 0 Å². The van der Waals surface area contributed by atoms with Gasteiger partial charge in [-0.3, -0.25) is 4.99 Å². The zero-order valence-electron chi connectivity index (χ0n) is 24.6. The summed E-state index contributed by atoms with van der Waals surface area (Å²) in [5.74, 6) is 2.22. The molecular formula is C31H45F3N4OS. The van der Waals surface area contributed by atoms with Gasteiger partial charge in [-0.2, -0.15) is 13.2 Å². The molecule has 3 atom stereocenters. The Bertz CT molecular complexity index is 1070. The summed E-state index contributed by atoms with van der Waals surface area (Å²) in [5.41, 5.74) is 2.07. The number of allylic oxidation sites excluding steroid dienone is 1. The monoisotopic (exact) mass is 578 g/mol. The Kier molecular flexibility index (Phi) is 11.6. The summed E-state index contributed by atoms with van der Waals surface area (Å²) in [7, 11) is 1.98. The topological polar surface area (TPSA) is 31.3 Å². The SMILES string of the molecule is C=COC(C(=C)N(C)/C(=N\C(C)CC)SCCCN1CCC2CCN(c3ccc(C(F)(F)F)cc3)C2C1)=C(C)C. The van der Waals surface area contributed by atoms with Crippen LogP contribution in [0.4, 0.5) is 18.9 Å². The lowest BCUT2D eigenvalue weighted by Gasteiger charge is -2.39. The van der Waals surface area contributed by atoms with E-state index in [0.717, 1.165) is 79.7 Å². The van der Waals surface area contributed by atoms with Gasteiger partial charge in [-0.25, -0.2) is 0 Å². The van der Waals surface area contributed by atoms with Crippen molar-refractivity contribution < 1.29 is 17.9 Å². The number of hydrogen-bond donors (Lipinski definition) is 0. The van der Waals surface area contributed by atoms with Crippen LogP contribution in [0.15, 0.2) is 65.7 Å². The van der Waals surface area contributed by atoms with Crippen molar-refractivity contribution in [1.29, 1.82) is 0 Å². The number of ether oxygens (including phenoxy) is 1. The summed E-state index contributed by atoms with van der Waals surface area (Å²) in [4.78, 5) is 11.8. The van der Waals surface area contributed by atoms with Crippen molar-refractivity contribution in [3.63, 3.8) is 0 Å². The molecule has 2 aliphatic rings. The molecule has 222 valence electrons. The number of thioether (sulfide) groups is 1. The van der Waals surface area contributed by atoms with Crippen LogP contribution in [0, 0.1) is 5.92 Å². The second-order valence-electron chi connectivity index (χ2n) is 10.9. The highest BCUT2D eigenvalue weighted by atomic mass is 32.2. The molecule has 0 N–H and O–H groups in total. The third-order valence-electron chi connectivity index (χ3n) is 7.85. The van der Waals surface area contributed by atoms with E-state index in [9.17, 15) is 13.2 Å². The molecule has 0 saturated carbocycles. The largest absolute Gasteiger partial charge is 0.464 e. The molecule has 0 radical (unpaired) electrons. The predicted molar refractivity (Wildman–Crippen MR) is 163 cm³/mol. The Hall–Kier alpha value is -2.39. The molecule has 2 fully saturated rings. The van der Waals surface area contributed by atoms with Crippen LogP contribution in [0.25, 0.3) is 0 Å². The van der Waals surface area contributed by atoms with Crippen molar-refractivity contribution in [2.24, 2.45) is 10.9 Å². The first-order valence-electron chi connectivity index (χ1n) is 14.2. The van der Waals surface area contributed by atoms with Crippen molar-refractivity contribution in [1.82, 2.24) is 9.80 Å². The molecule has 9 heteroatoms. The lowest BCUT2D eigenvalue weighted by Crippen LogP contribution is -2.48. The van der Waals surface area contributed by atoms with Gasteiger partial charge in [-0.15, -0.1) is 0 Å². The number of likely N-dealkylation sites (tertiary alicyclic amines) is 1. The van der Waals surface area contributed by atoms with Gasteiger partial charge >= 0.3 is 6.18 Å². The number of alkyl halides is 3.